The van der Waals surface area contributed by atoms with Crippen LogP contribution in [0.1, 0.15) is 97.8 Å². The number of hydrogen-bond donors (Lipinski definition) is 3. The SMILES string of the molecule is CCCC1CC2C(CN1)CC(C1CC(NC(=O)C3CC(N4CCC(NC(C)=O)CC4)CC(C(F)(F)F)C3)CCC1C)C(=O)N2C. The number of fused-ring (bicyclic) bond motifs is 1. The summed E-state index contributed by atoms with van der Waals surface area (Å²) in [5, 5.41) is 9.84. The van der Waals surface area contributed by atoms with Crippen molar-refractivity contribution in [3.8, 4) is 0 Å². The third kappa shape index (κ3) is 8.17. The van der Waals surface area contributed by atoms with Crippen LogP contribution in [0.25, 0.3) is 0 Å². The summed E-state index contributed by atoms with van der Waals surface area (Å²) < 4.78 is 42.3. The molecule has 2 aliphatic carbocycles. The third-order valence-corrected chi connectivity index (χ3v) is 12.2. The van der Waals surface area contributed by atoms with E-state index in [1.165, 1.54) is 6.92 Å². The highest BCUT2D eigenvalue weighted by Crippen LogP contribution is 2.45. The van der Waals surface area contributed by atoms with Crippen LogP contribution in [0, 0.1) is 35.5 Å². The minimum Gasteiger partial charge on any atom is -0.354 e. The second kappa shape index (κ2) is 14.5. The lowest BCUT2D eigenvalue weighted by Crippen LogP contribution is -2.60. The Morgan fingerprint density at radius 1 is 0.956 bits per heavy atom. The van der Waals surface area contributed by atoms with Gasteiger partial charge in [0.05, 0.1) is 5.92 Å². The summed E-state index contributed by atoms with van der Waals surface area (Å²) in [5.74, 6) is -1.45. The number of rotatable bonds is 7. The number of hydrogen-bond acceptors (Lipinski definition) is 5. The fourth-order valence-electron chi connectivity index (χ4n) is 9.65. The summed E-state index contributed by atoms with van der Waals surface area (Å²) in [6, 6.07) is 0.366. The Hall–Kier alpha value is -1.88. The molecule has 2 saturated carbocycles. The van der Waals surface area contributed by atoms with Crippen LogP contribution in [-0.4, -0.2) is 90.6 Å². The molecule has 45 heavy (non-hydrogen) atoms. The molecular weight excluding hydrogens is 583 g/mol. The van der Waals surface area contributed by atoms with Crippen molar-refractivity contribution in [2.24, 2.45) is 35.5 Å². The fraction of sp³-hybridized carbons (Fsp3) is 0.912. The molecule has 10 unspecified atom stereocenters. The van der Waals surface area contributed by atoms with E-state index in [9.17, 15) is 27.6 Å². The molecule has 5 rings (SSSR count). The predicted molar refractivity (Wildman–Crippen MR) is 167 cm³/mol. The van der Waals surface area contributed by atoms with Gasteiger partial charge in [-0.05, 0) is 88.4 Å². The van der Waals surface area contributed by atoms with Gasteiger partial charge in [0.15, 0.2) is 0 Å². The van der Waals surface area contributed by atoms with Crippen molar-refractivity contribution >= 4 is 17.7 Å². The molecule has 3 N–H and O–H groups in total. The normalized spacial score (nSPS) is 38.8. The molecule has 0 aromatic carbocycles. The van der Waals surface area contributed by atoms with E-state index in [1.807, 2.05) is 11.9 Å². The van der Waals surface area contributed by atoms with Gasteiger partial charge in [0.1, 0.15) is 0 Å². The highest BCUT2D eigenvalue weighted by Gasteiger charge is 2.50. The van der Waals surface area contributed by atoms with Crippen LogP contribution in [0.3, 0.4) is 0 Å². The Labute approximate surface area is 267 Å². The summed E-state index contributed by atoms with van der Waals surface area (Å²) in [4.78, 5) is 43.0. The maximum Gasteiger partial charge on any atom is 0.391 e. The molecule has 3 aliphatic heterocycles. The van der Waals surface area contributed by atoms with E-state index in [1.54, 1.807) is 0 Å². The molecule has 0 aromatic heterocycles. The molecule has 0 spiro atoms. The van der Waals surface area contributed by atoms with Crippen LogP contribution >= 0.6 is 0 Å². The number of halogens is 3. The van der Waals surface area contributed by atoms with Crippen LogP contribution in [0.4, 0.5) is 13.2 Å². The highest BCUT2D eigenvalue weighted by atomic mass is 19.4. The van der Waals surface area contributed by atoms with E-state index in [2.05, 4.69) is 34.7 Å². The lowest BCUT2D eigenvalue weighted by molar-refractivity contribution is -0.192. The largest absolute Gasteiger partial charge is 0.391 e. The van der Waals surface area contributed by atoms with Crippen LogP contribution < -0.4 is 16.0 Å². The summed E-state index contributed by atoms with van der Waals surface area (Å²) in [5.41, 5.74) is 0. The number of alkyl halides is 3. The molecule has 0 bridgehead atoms. The molecule has 5 aliphatic rings. The second-order valence-electron chi connectivity index (χ2n) is 15.2. The van der Waals surface area contributed by atoms with Crippen molar-refractivity contribution in [1.29, 1.82) is 0 Å². The van der Waals surface area contributed by atoms with Gasteiger partial charge in [-0.15, -0.1) is 0 Å². The lowest BCUT2D eigenvalue weighted by atomic mass is 9.65. The molecule has 0 radical (unpaired) electrons. The average molecular weight is 640 g/mol. The van der Waals surface area contributed by atoms with Gasteiger partial charge in [-0.25, -0.2) is 0 Å². The average Bonchev–Trinajstić information content (AvgIpc) is 3.00. The van der Waals surface area contributed by atoms with Gasteiger partial charge in [0.2, 0.25) is 17.7 Å². The molecule has 3 amide bonds. The number of likely N-dealkylation sites (tertiary alicyclic amines) is 2. The quantitative estimate of drug-likeness (QED) is 0.382. The van der Waals surface area contributed by atoms with E-state index < -0.39 is 18.0 Å². The zero-order chi connectivity index (χ0) is 32.5. The first-order valence-electron chi connectivity index (χ1n) is 17.7. The van der Waals surface area contributed by atoms with Crippen molar-refractivity contribution in [2.45, 2.75) is 134 Å². The van der Waals surface area contributed by atoms with Crippen molar-refractivity contribution < 1.29 is 27.6 Å². The van der Waals surface area contributed by atoms with Gasteiger partial charge in [-0.2, -0.15) is 13.2 Å². The summed E-state index contributed by atoms with van der Waals surface area (Å²) >= 11 is 0. The Bertz CT molecular complexity index is 1050. The first-order valence-corrected chi connectivity index (χ1v) is 17.7. The lowest BCUT2D eigenvalue weighted by Gasteiger charge is -2.50. The second-order valence-corrected chi connectivity index (χ2v) is 15.2. The van der Waals surface area contributed by atoms with E-state index in [0.717, 1.165) is 45.1 Å². The van der Waals surface area contributed by atoms with E-state index >= 15 is 0 Å². The standard InChI is InChI=1S/C34H56F3N5O3/c1-5-6-26-18-31-23(19-38-26)15-30(33(45)41(31)4)29-17-27(8-7-20(29)2)40-32(44)22-13-24(34(35,36)37)16-28(14-22)42-11-9-25(10-12-42)39-21(3)43/h20,22-31,38H,5-19H2,1-4H3,(H,39,43)(H,40,44). The Balaban J connectivity index is 1.20. The molecule has 3 heterocycles. The number of piperidine rings is 3. The molecule has 256 valence electrons. The van der Waals surface area contributed by atoms with E-state index in [0.29, 0.717) is 56.7 Å². The first kappa shape index (κ1) is 34.5. The van der Waals surface area contributed by atoms with Crippen LogP contribution in [-0.2, 0) is 14.4 Å². The highest BCUT2D eigenvalue weighted by molar-refractivity contribution is 5.81. The molecule has 5 fully saturated rings. The summed E-state index contributed by atoms with van der Waals surface area (Å²) in [6.07, 6.45) is 3.87. The maximum absolute atomic E-state index is 14.1. The molecule has 11 heteroatoms. The monoisotopic (exact) mass is 639 g/mol. The fourth-order valence-corrected chi connectivity index (χ4v) is 9.65. The number of carbonyl (C=O) groups excluding carboxylic acids is 3. The van der Waals surface area contributed by atoms with Crippen LogP contribution in [0.5, 0.6) is 0 Å². The number of nitrogens with one attached hydrogen (secondary N) is 3. The van der Waals surface area contributed by atoms with Gasteiger partial charge >= 0.3 is 6.18 Å². The predicted octanol–water partition coefficient (Wildman–Crippen LogP) is 4.48. The van der Waals surface area contributed by atoms with Gasteiger partial charge in [-0.3, -0.25) is 14.4 Å². The Morgan fingerprint density at radius 3 is 2.36 bits per heavy atom. The molecular formula is C34H56F3N5O3. The molecule has 3 saturated heterocycles. The number of carbonyl (C=O) groups is 3. The minimum absolute atomic E-state index is 0.0224. The van der Waals surface area contributed by atoms with Crippen molar-refractivity contribution in [2.75, 3.05) is 26.7 Å². The van der Waals surface area contributed by atoms with Crippen LogP contribution in [0.15, 0.2) is 0 Å². The van der Waals surface area contributed by atoms with Crippen molar-refractivity contribution in [3.63, 3.8) is 0 Å². The number of amides is 3. The van der Waals surface area contributed by atoms with E-state index in [4.69, 9.17) is 0 Å². The Kier molecular flexibility index (Phi) is 11.1. The molecule has 8 nitrogen and oxygen atoms in total. The van der Waals surface area contributed by atoms with Gasteiger partial charge in [0, 0.05) is 75.7 Å². The molecule has 10 atom stereocenters. The third-order valence-electron chi connectivity index (χ3n) is 12.2. The van der Waals surface area contributed by atoms with Gasteiger partial charge < -0.3 is 25.8 Å². The summed E-state index contributed by atoms with van der Waals surface area (Å²) in [6.45, 7) is 8.07. The summed E-state index contributed by atoms with van der Waals surface area (Å²) in [7, 11) is 1.96. The number of nitrogens with zero attached hydrogens (tertiary/aromatic N) is 2. The zero-order valence-electron chi connectivity index (χ0n) is 27.7. The topological polar surface area (TPSA) is 93.8 Å². The first-order chi connectivity index (χ1) is 21.3. The molecule has 0 aromatic rings. The van der Waals surface area contributed by atoms with Crippen molar-refractivity contribution in [3.05, 3.63) is 0 Å². The smallest absolute Gasteiger partial charge is 0.354 e. The van der Waals surface area contributed by atoms with Crippen LogP contribution in [0.2, 0.25) is 0 Å². The maximum atomic E-state index is 14.1. The zero-order valence-corrected chi connectivity index (χ0v) is 27.7. The van der Waals surface area contributed by atoms with E-state index in [-0.39, 0.29) is 66.6 Å². The van der Waals surface area contributed by atoms with Gasteiger partial charge in [-0.1, -0.05) is 20.3 Å². The Morgan fingerprint density at radius 2 is 1.69 bits per heavy atom. The van der Waals surface area contributed by atoms with Crippen molar-refractivity contribution in [1.82, 2.24) is 25.8 Å². The van der Waals surface area contributed by atoms with Gasteiger partial charge in [0.25, 0.3) is 0 Å². The minimum atomic E-state index is -4.34.